The molecule has 2 heterocycles. The zero-order valence-electron chi connectivity index (χ0n) is 17.1. The van der Waals surface area contributed by atoms with Crippen LogP contribution in [0.1, 0.15) is 34.7 Å². The smallest absolute Gasteiger partial charge is 0.254 e. The molecule has 1 aromatic heterocycles. The molecule has 0 bridgehead atoms. The molecule has 3 aromatic rings. The van der Waals surface area contributed by atoms with Gasteiger partial charge in [0.15, 0.2) is 0 Å². The Kier molecular flexibility index (Phi) is 5.72. The molecule has 154 valence electrons. The largest absolute Gasteiger partial charge is 0.368 e. The number of carbonyl (C=O) groups is 2. The first kappa shape index (κ1) is 20.0. The van der Waals surface area contributed by atoms with Crippen LogP contribution in [0.25, 0.3) is 10.9 Å². The fourth-order valence-corrected chi connectivity index (χ4v) is 3.61. The number of ether oxygens (including phenoxy) is 1. The van der Waals surface area contributed by atoms with Gasteiger partial charge in [-0.25, -0.2) is 9.97 Å². The second-order valence-electron chi connectivity index (χ2n) is 7.48. The maximum atomic E-state index is 12.9. The van der Waals surface area contributed by atoms with Crippen molar-refractivity contribution >= 4 is 28.4 Å². The maximum absolute atomic E-state index is 12.9. The molecule has 0 saturated carbocycles. The lowest BCUT2D eigenvalue weighted by Gasteiger charge is -2.18. The Morgan fingerprint density at radius 1 is 1.17 bits per heavy atom. The molecule has 0 radical (unpaired) electrons. The van der Waals surface area contributed by atoms with Crippen LogP contribution in [0.2, 0.25) is 0 Å². The van der Waals surface area contributed by atoms with E-state index in [1.54, 1.807) is 36.2 Å². The molecule has 1 unspecified atom stereocenters. The standard InChI is InChI=1S/C23H24N4O3/c1-15-18-9-3-4-10-19(18)26-21(24-15)14-27(2)23(29)16-7-5-8-17(13-16)25-22(28)20-11-6-12-30-20/h3-5,7-10,13,20H,6,11-12,14H2,1-2H3,(H,25,28). The summed E-state index contributed by atoms with van der Waals surface area (Å²) >= 11 is 0. The minimum atomic E-state index is -0.416. The predicted octanol–water partition coefficient (Wildman–Crippen LogP) is 3.33. The quantitative estimate of drug-likeness (QED) is 0.705. The molecule has 2 aromatic carbocycles. The van der Waals surface area contributed by atoms with E-state index in [1.807, 2.05) is 31.2 Å². The summed E-state index contributed by atoms with van der Waals surface area (Å²) in [6.07, 6.45) is 1.19. The molecule has 2 amide bonds. The van der Waals surface area contributed by atoms with E-state index in [0.717, 1.165) is 29.4 Å². The number of amides is 2. The van der Waals surface area contributed by atoms with Gasteiger partial charge in [-0.15, -0.1) is 0 Å². The highest BCUT2D eigenvalue weighted by atomic mass is 16.5. The summed E-state index contributed by atoms with van der Waals surface area (Å²) in [5, 5.41) is 3.84. The third-order valence-electron chi connectivity index (χ3n) is 5.16. The van der Waals surface area contributed by atoms with Crippen molar-refractivity contribution in [2.45, 2.75) is 32.4 Å². The molecule has 0 aliphatic carbocycles. The Morgan fingerprint density at radius 3 is 2.80 bits per heavy atom. The van der Waals surface area contributed by atoms with Crippen LogP contribution in [0.4, 0.5) is 5.69 Å². The minimum Gasteiger partial charge on any atom is -0.368 e. The van der Waals surface area contributed by atoms with Gasteiger partial charge in [0.1, 0.15) is 11.9 Å². The number of rotatable bonds is 5. The van der Waals surface area contributed by atoms with E-state index in [0.29, 0.717) is 23.7 Å². The summed E-state index contributed by atoms with van der Waals surface area (Å²) in [5.41, 5.74) is 2.81. The first-order valence-corrected chi connectivity index (χ1v) is 10.0. The number of nitrogens with one attached hydrogen (secondary N) is 1. The molecule has 30 heavy (non-hydrogen) atoms. The average molecular weight is 404 g/mol. The van der Waals surface area contributed by atoms with E-state index in [2.05, 4.69) is 15.3 Å². The highest BCUT2D eigenvalue weighted by Crippen LogP contribution is 2.18. The molecule has 1 N–H and O–H groups in total. The first-order valence-electron chi connectivity index (χ1n) is 10.0. The Morgan fingerprint density at radius 2 is 2.00 bits per heavy atom. The highest BCUT2D eigenvalue weighted by molar-refractivity contribution is 5.98. The lowest BCUT2D eigenvalue weighted by atomic mass is 10.1. The normalized spacial score (nSPS) is 15.9. The summed E-state index contributed by atoms with van der Waals surface area (Å²) in [6.45, 7) is 2.84. The lowest BCUT2D eigenvalue weighted by Crippen LogP contribution is -2.28. The predicted molar refractivity (Wildman–Crippen MR) is 114 cm³/mol. The molecule has 1 atom stereocenters. The van der Waals surface area contributed by atoms with Crippen molar-refractivity contribution in [2.75, 3.05) is 19.0 Å². The molecule has 0 spiro atoms. The number of benzene rings is 2. The van der Waals surface area contributed by atoms with E-state index in [9.17, 15) is 9.59 Å². The van der Waals surface area contributed by atoms with Crippen LogP contribution in [-0.2, 0) is 16.1 Å². The van der Waals surface area contributed by atoms with Gasteiger partial charge in [-0.05, 0) is 44.0 Å². The van der Waals surface area contributed by atoms with Gasteiger partial charge in [-0.1, -0.05) is 24.3 Å². The molecule has 7 heteroatoms. The minimum absolute atomic E-state index is 0.169. The van der Waals surface area contributed by atoms with Crippen LogP contribution in [-0.4, -0.2) is 46.4 Å². The van der Waals surface area contributed by atoms with Gasteiger partial charge in [0.05, 0.1) is 12.1 Å². The van der Waals surface area contributed by atoms with Gasteiger partial charge in [-0.2, -0.15) is 0 Å². The van der Waals surface area contributed by atoms with Gasteiger partial charge in [-0.3, -0.25) is 9.59 Å². The third-order valence-corrected chi connectivity index (χ3v) is 5.16. The molecular weight excluding hydrogens is 380 g/mol. The van der Waals surface area contributed by atoms with Gasteiger partial charge >= 0.3 is 0 Å². The SMILES string of the molecule is Cc1nc(CN(C)C(=O)c2cccc(NC(=O)C3CCCO3)c2)nc2ccccc12. The van der Waals surface area contributed by atoms with E-state index < -0.39 is 6.10 Å². The number of aromatic nitrogens is 2. The number of hydrogen-bond donors (Lipinski definition) is 1. The van der Waals surface area contributed by atoms with E-state index >= 15 is 0 Å². The molecular formula is C23H24N4O3. The Labute approximate surface area is 175 Å². The summed E-state index contributed by atoms with van der Waals surface area (Å²) in [5.74, 6) is 0.244. The number of carbonyl (C=O) groups excluding carboxylic acids is 2. The van der Waals surface area contributed by atoms with Crippen LogP contribution in [0, 0.1) is 6.92 Å². The zero-order chi connectivity index (χ0) is 21.1. The van der Waals surface area contributed by atoms with Gasteiger partial charge in [0.25, 0.3) is 11.8 Å². The molecule has 4 rings (SSSR count). The maximum Gasteiger partial charge on any atom is 0.254 e. The number of aryl methyl sites for hydroxylation is 1. The topological polar surface area (TPSA) is 84.4 Å². The van der Waals surface area contributed by atoms with Crippen molar-refractivity contribution < 1.29 is 14.3 Å². The van der Waals surface area contributed by atoms with E-state index in [1.165, 1.54) is 0 Å². The first-order chi connectivity index (χ1) is 14.5. The summed E-state index contributed by atoms with van der Waals surface area (Å²) < 4.78 is 5.41. The summed E-state index contributed by atoms with van der Waals surface area (Å²) in [4.78, 5) is 35.9. The van der Waals surface area contributed by atoms with Gasteiger partial charge < -0.3 is 15.0 Å². The van der Waals surface area contributed by atoms with Crippen molar-refractivity contribution in [1.29, 1.82) is 0 Å². The summed E-state index contributed by atoms with van der Waals surface area (Å²) in [7, 11) is 1.72. The number of nitrogens with zero attached hydrogens (tertiary/aromatic N) is 3. The third kappa shape index (κ3) is 4.31. The van der Waals surface area contributed by atoms with Crippen molar-refractivity contribution in [1.82, 2.24) is 14.9 Å². The van der Waals surface area contributed by atoms with Crippen molar-refractivity contribution in [3.63, 3.8) is 0 Å². The van der Waals surface area contributed by atoms with Crippen molar-refractivity contribution in [3.8, 4) is 0 Å². The molecule has 1 aliphatic rings. The van der Waals surface area contributed by atoms with Crippen LogP contribution in [0.15, 0.2) is 48.5 Å². The fraction of sp³-hybridized carbons (Fsp3) is 0.304. The van der Waals surface area contributed by atoms with Gasteiger partial charge in [0.2, 0.25) is 0 Å². The Hall–Kier alpha value is -3.32. The number of hydrogen-bond acceptors (Lipinski definition) is 5. The molecule has 1 saturated heterocycles. The van der Waals surface area contributed by atoms with Crippen LogP contribution in [0.3, 0.4) is 0 Å². The second-order valence-corrected chi connectivity index (χ2v) is 7.48. The zero-order valence-corrected chi connectivity index (χ0v) is 17.1. The van der Waals surface area contributed by atoms with Crippen LogP contribution >= 0.6 is 0 Å². The lowest BCUT2D eigenvalue weighted by molar-refractivity contribution is -0.124. The van der Waals surface area contributed by atoms with E-state index in [-0.39, 0.29) is 18.4 Å². The fourth-order valence-electron chi connectivity index (χ4n) is 3.61. The summed E-state index contributed by atoms with van der Waals surface area (Å²) in [6, 6.07) is 14.7. The molecule has 1 fully saturated rings. The van der Waals surface area contributed by atoms with Crippen molar-refractivity contribution in [3.05, 3.63) is 65.6 Å². The number of para-hydroxylation sites is 1. The van der Waals surface area contributed by atoms with E-state index in [4.69, 9.17) is 4.74 Å². The average Bonchev–Trinajstić information content (AvgIpc) is 3.28. The Balaban J connectivity index is 1.47. The van der Waals surface area contributed by atoms with Crippen molar-refractivity contribution in [2.24, 2.45) is 0 Å². The molecule has 1 aliphatic heterocycles. The number of fused-ring (bicyclic) bond motifs is 1. The van der Waals surface area contributed by atoms with Crippen LogP contribution in [0.5, 0.6) is 0 Å². The number of anilines is 1. The monoisotopic (exact) mass is 404 g/mol. The highest BCUT2D eigenvalue weighted by Gasteiger charge is 2.24. The van der Waals surface area contributed by atoms with Crippen LogP contribution < -0.4 is 5.32 Å². The Bertz CT molecular complexity index is 1090. The molecule has 7 nitrogen and oxygen atoms in total. The second kappa shape index (κ2) is 8.59. The van der Waals surface area contributed by atoms with Gasteiger partial charge in [0, 0.05) is 36.0 Å².